The van der Waals surface area contributed by atoms with Gasteiger partial charge in [-0.2, -0.15) is 0 Å². The van der Waals surface area contributed by atoms with Gasteiger partial charge in [0.25, 0.3) is 0 Å². The van der Waals surface area contributed by atoms with E-state index in [1.54, 1.807) is 12.1 Å². The minimum Gasteiger partial charge on any atom is -0.508 e. The third-order valence-electron chi connectivity index (χ3n) is 3.05. The molecule has 0 heterocycles. The summed E-state index contributed by atoms with van der Waals surface area (Å²) in [6.45, 7) is 0. The Kier molecular flexibility index (Phi) is 4.99. The van der Waals surface area contributed by atoms with Gasteiger partial charge < -0.3 is 20.3 Å². The first-order valence-electron chi connectivity index (χ1n) is 6.67. The fourth-order valence-corrected chi connectivity index (χ4v) is 1.90. The van der Waals surface area contributed by atoms with Crippen LogP contribution in [0.25, 0.3) is 6.08 Å². The maximum Gasteiger partial charge on any atom is 0.248 e. The second kappa shape index (κ2) is 7.13. The number of hydrogen-bond donors (Lipinski definition) is 3. The number of ether oxygens (including phenoxy) is 1. The van der Waals surface area contributed by atoms with E-state index >= 15 is 0 Å². The van der Waals surface area contributed by atoms with E-state index in [2.05, 4.69) is 5.32 Å². The Hall–Kier alpha value is -3.28. The molecule has 23 heavy (non-hydrogen) atoms. The van der Waals surface area contributed by atoms with E-state index < -0.39 is 5.91 Å². The fraction of sp³-hybridized carbons (Fsp3) is 0.0588. The summed E-state index contributed by atoms with van der Waals surface area (Å²) in [6, 6.07) is 8.71. The Morgan fingerprint density at radius 2 is 1.96 bits per heavy atom. The maximum absolute atomic E-state index is 11.9. The zero-order valence-electron chi connectivity index (χ0n) is 12.3. The molecule has 6 heteroatoms. The monoisotopic (exact) mass is 313 g/mol. The summed E-state index contributed by atoms with van der Waals surface area (Å²) < 4.78 is 4.98. The van der Waals surface area contributed by atoms with Crippen LogP contribution in [0.15, 0.2) is 42.5 Å². The number of carbonyl (C=O) groups is 2. The van der Waals surface area contributed by atoms with Crippen LogP contribution in [0.3, 0.4) is 0 Å². The lowest BCUT2D eigenvalue weighted by Gasteiger charge is -2.06. The first-order valence-corrected chi connectivity index (χ1v) is 6.67. The summed E-state index contributed by atoms with van der Waals surface area (Å²) in [7, 11) is 1.43. The van der Waals surface area contributed by atoms with Crippen molar-refractivity contribution in [2.75, 3.05) is 12.4 Å². The molecule has 0 spiro atoms. The number of rotatable bonds is 5. The van der Waals surface area contributed by atoms with Gasteiger partial charge in [-0.25, -0.2) is 0 Å². The molecule has 2 aromatic carbocycles. The zero-order valence-corrected chi connectivity index (χ0v) is 12.3. The Bertz CT molecular complexity index is 768. The molecule has 0 unspecified atom stereocenters. The van der Waals surface area contributed by atoms with Crippen LogP contribution in [0, 0.1) is 0 Å². The molecular weight excluding hydrogens is 298 g/mol. The van der Waals surface area contributed by atoms with Gasteiger partial charge >= 0.3 is 0 Å². The minimum absolute atomic E-state index is 0.00415. The maximum atomic E-state index is 11.9. The second-order valence-electron chi connectivity index (χ2n) is 4.64. The van der Waals surface area contributed by atoms with Crippen molar-refractivity contribution in [1.29, 1.82) is 0 Å². The molecule has 0 aliphatic rings. The van der Waals surface area contributed by atoms with Gasteiger partial charge in [0.15, 0.2) is 17.8 Å². The topological polar surface area (TPSA) is 95.9 Å². The van der Waals surface area contributed by atoms with Gasteiger partial charge in [0, 0.05) is 17.7 Å². The van der Waals surface area contributed by atoms with Crippen LogP contribution in [0.5, 0.6) is 17.2 Å². The molecule has 0 aliphatic heterocycles. The van der Waals surface area contributed by atoms with Crippen molar-refractivity contribution >= 4 is 24.0 Å². The van der Waals surface area contributed by atoms with Crippen LogP contribution in [0.4, 0.5) is 5.69 Å². The van der Waals surface area contributed by atoms with Crippen molar-refractivity contribution in [3.8, 4) is 17.2 Å². The lowest BCUT2D eigenvalue weighted by atomic mass is 10.1. The molecule has 0 saturated carbocycles. The standard InChI is InChI=1S/C17H15NO5/c1-23-16-8-11(2-6-15(16)21)3-7-17(22)18-14-9-13(20)5-4-12(14)10-19/h2-10,20-21H,1H3,(H,18,22)/b7-3+. The normalized spacial score (nSPS) is 10.5. The van der Waals surface area contributed by atoms with Gasteiger partial charge in [0.2, 0.25) is 5.91 Å². The quantitative estimate of drug-likeness (QED) is 0.582. The summed E-state index contributed by atoms with van der Waals surface area (Å²) in [5.41, 5.74) is 1.13. The average Bonchev–Trinajstić information content (AvgIpc) is 2.54. The van der Waals surface area contributed by atoms with E-state index in [0.29, 0.717) is 17.6 Å². The lowest BCUT2D eigenvalue weighted by molar-refractivity contribution is -0.111. The number of methoxy groups -OCH3 is 1. The summed E-state index contributed by atoms with van der Waals surface area (Å²) in [5.74, 6) is -0.225. The summed E-state index contributed by atoms with van der Waals surface area (Å²) in [5, 5.41) is 21.4. The number of carbonyl (C=O) groups excluding carboxylic acids is 2. The predicted molar refractivity (Wildman–Crippen MR) is 85.8 cm³/mol. The predicted octanol–water partition coefficient (Wildman–Crippen LogP) is 2.57. The van der Waals surface area contributed by atoms with Gasteiger partial charge in [-0.3, -0.25) is 9.59 Å². The van der Waals surface area contributed by atoms with Gasteiger partial charge in [-0.15, -0.1) is 0 Å². The van der Waals surface area contributed by atoms with E-state index in [1.807, 2.05) is 0 Å². The van der Waals surface area contributed by atoms with Gasteiger partial charge in [0.1, 0.15) is 5.75 Å². The lowest BCUT2D eigenvalue weighted by Crippen LogP contribution is -2.09. The van der Waals surface area contributed by atoms with Crippen LogP contribution < -0.4 is 10.1 Å². The molecular formula is C17H15NO5. The molecule has 1 amide bonds. The molecule has 0 fully saturated rings. The van der Waals surface area contributed by atoms with Crippen LogP contribution in [-0.4, -0.2) is 29.5 Å². The number of phenolic OH excluding ortho intramolecular Hbond substituents is 2. The molecule has 3 N–H and O–H groups in total. The molecule has 0 aromatic heterocycles. The van der Waals surface area contributed by atoms with Crippen molar-refractivity contribution in [1.82, 2.24) is 0 Å². The Balaban J connectivity index is 2.13. The number of hydrogen-bond acceptors (Lipinski definition) is 5. The summed E-state index contributed by atoms with van der Waals surface area (Å²) >= 11 is 0. The highest BCUT2D eigenvalue weighted by Gasteiger charge is 2.06. The Labute approximate surface area is 132 Å². The van der Waals surface area contributed by atoms with Crippen molar-refractivity contribution in [3.63, 3.8) is 0 Å². The van der Waals surface area contributed by atoms with Crippen molar-refractivity contribution < 1.29 is 24.5 Å². The van der Waals surface area contributed by atoms with Crippen molar-refractivity contribution in [3.05, 3.63) is 53.6 Å². The zero-order chi connectivity index (χ0) is 16.8. The highest BCUT2D eigenvalue weighted by Crippen LogP contribution is 2.26. The van der Waals surface area contributed by atoms with E-state index in [9.17, 15) is 19.8 Å². The molecule has 2 rings (SSSR count). The third kappa shape index (κ3) is 4.10. The van der Waals surface area contributed by atoms with Gasteiger partial charge in [0.05, 0.1) is 12.8 Å². The van der Waals surface area contributed by atoms with E-state index in [4.69, 9.17) is 4.74 Å². The number of benzene rings is 2. The molecule has 118 valence electrons. The van der Waals surface area contributed by atoms with Crippen LogP contribution in [0.2, 0.25) is 0 Å². The van der Waals surface area contributed by atoms with Crippen LogP contribution in [0.1, 0.15) is 15.9 Å². The number of aldehydes is 1. The highest BCUT2D eigenvalue weighted by molar-refractivity contribution is 6.04. The molecule has 0 atom stereocenters. The minimum atomic E-state index is -0.467. The molecule has 0 bridgehead atoms. The first kappa shape index (κ1) is 16.1. The number of amides is 1. The molecule has 0 saturated heterocycles. The number of nitrogens with one attached hydrogen (secondary N) is 1. The van der Waals surface area contributed by atoms with E-state index in [0.717, 1.165) is 0 Å². The Morgan fingerprint density at radius 1 is 1.17 bits per heavy atom. The SMILES string of the molecule is COc1cc(/C=C/C(=O)Nc2cc(O)ccc2C=O)ccc1O. The van der Waals surface area contributed by atoms with E-state index in [1.165, 1.54) is 43.5 Å². The average molecular weight is 313 g/mol. The van der Waals surface area contributed by atoms with E-state index in [-0.39, 0.29) is 22.7 Å². The first-order chi connectivity index (χ1) is 11.0. The Morgan fingerprint density at radius 3 is 2.65 bits per heavy atom. The second-order valence-corrected chi connectivity index (χ2v) is 4.64. The largest absolute Gasteiger partial charge is 0.508 e. The molecule has 0 aliphatic carbocycles. The van der Waals surface area contributed by atoms with Crippen LogP contribution in [-0.2, 0) is 4.79 Å². The third-order valence-corrected chi connectivity index (χ3v) is 3.05. The molecule has 6 nitrogen and oxygen atoms in total. The fourth-order valence-electron chi connectivity index (χ4n) is 1.90. The number of aromatic hydroxyl groups is 2. The molecule has 2 aromatic rings. The van der Waals surface area contributed by atoms with Crippen LogP contribution >= 0.6 is 0 Å². The van der Waals surface area contributed by atoms with Gasteiger partial charge in [-0.1, -0.05) is 6.07 Å². The van der Waals surface area contributed by atoms with Crippen molar-refractivity contribution in [2.45, 2.75) is 0 Å². The van der Waals surface area contributed by atoms with Crippen molar-refractivity contribution in [2.24, 2.45) is 0 Å². The summed E-state index contributed by atoms with van der Waals surface area (Å²) in [4.78, 5) is 22.8. The smallest absolute Gasteiger partial charge is 0.248 e. The number of phenols is 2. The molecule has 0 radical (unpaired) electrons. The number of anilines is 1. The summed E-state index contributed by atoms with van der Waals surface area (Å²) in [6.07, 6.45) is 3.38. The highest BCUT2D eigenvalue weighted by atomic mass is 16.5. The van der Waals surface area contributed by atoms with Gasteiger partial charge in [-0.05, 0) is 35.9 Å².